The Morgan fingerprint density at radius 3 is 2.87 bits per heavy atom. The molecule has 0 aliphatic rings. The normalized spacial score (nSPS) is 11.7. The number of allylic oxidation sites excluding steroid dienone is 2. The van der Waals surface area contributed by atoms with Crippen LogP contribution in [-0.4, -0.2) is 10.9 Å². The molecule has 0 amide bonds. The minimum Gasteiger partial charge on any atom is -0.299 e. The molecule has 0 unspecified atom stereocenters. The summed E-state index contributed by atoms with van der Waals surface area (Å²) >= 11 is 3.20. The van der Waals surface area contributed by atoms with Gasteiger partial charge in [-0.15, -0.1) is 0 Å². The highest BCUT2D eigenvalue weighted by Crippen LogP contribution is 2.13. The molecular formula is C11H11BrN2O. The van der Waals surface area contributed by atoms with Crippen LogP contribution in [0.25, 0.3) is 0 Å². The van der Waals surface area contributed by atoms with Gasteiger partial charge in [-0.3, -0.25) is 10.2 Å². The van der Waals surface area contributed by atoms with E-state index in [-0.39, 0.29) is 0 Å². The van der Waals surface area contributed by atoms with Crippen LogP contribution in [-0.2, 0) is 4.79 Å². The van der Waals surface area contributed by atoms with Gasteiger partial charge in [-0.1, -0.05) is 18.2 Å². The number of aryl methyl sites for hydroxylation is 1. The largest absolute Gasteiger partial charge is 0.299 e. The number of carbonyl (C=O) groups excluding carboxylic acids is 1. The lowest BCUT2D eigenvalue weighted by atomic mass is 10.2. The molecule has 78 valence electrons. The van der Waals surface area contributed by atoms with Crippen LogP contribution < -0.4 is 5.43 Å². The zero-order valence-corrected chi connectivity index (χ0v) is 9.86. The quantitative estimate of drug-likeness (QED) is 0.394. The van der Waals surface area contributed by atoms with Gasteiger partial charge in [0.1, 0.15) is 10.9 Å². The van der Waals surface area contributed by atoms with E-state index in [1.807, 2.05) is 31.2 Å². The summed E-state index contributed by atoms with van der Waals surface area (Å²) in [4.78, 5) is 10.1. The van der Waals surface area contributed by atoms with E-state index in [4.69, 9.17) is 0 Å². The first kappa shape index (κ1) is 11.7. The van der Waals surface area contributed by atoms with E-state index in [1.54, 1.807) is 6.08 Å². The molecule has 0 aliphatic carbocycles. The van der Waals surface area contributed by atoms with Crippen molar-refractivity contribution in [2.24, 2.45) is 5.10 Å². The molecule has 0 bridgehead atoms. The molecule has 0 radical (unpaired) electrons. The van der Waals surface area contributed by atoms with Gasteiger partial charge in [0.15, 0.2) is 0 Å². The molecule has 0 saturated heterocycles. The van der Waals surface area contributed by atoms with Crippen LogP contribution in [0.15, 0.2) is 41.5 Å². The number of hydrogen-bond donors (Lipinski definition) is 1. The van der Waals surface area contributed by atoms with Gasteiger partial charge < -0.3 is 0 Å². The topological polar surface area (TPSA) is 41.5 Å². The van der Waals surface area contributed by atoms with E-state index in [9.17, 15) is 4.79 Å². The van der Waals surface area contributed by atoms with E-state index in [2.05, 4.69) is 26.5 Å². The average molecular weight is 267 g/mol. The van der Waals surface area contributed by atoms with Crippen molar-refractivity contribution in [1.82, 2.24) is 0 Å². The number of benzene rings is 1. The molecule has 0 atom stereocenters. The lowest BCUT2D eigenvalue weighted by molar-refractivity contribution is -0.104. The van der Waals surface area contributed by atoms with Gasteiger partial charge in [-0.2, -0.15) is 5.10 Å². The van der Waals surface area contributed by atoms with Crippen molar-refractivity contribution in [2.75, 3.05) is 5.43 Å². The average Bonchev–Trinajstić information content (AvgIpc) is 2.25. The summed E-state index contributed by atoms with van der Waals surface area (Å²) in [6.07, 6.45) is 3.63. The van der Waals surface area contributed by atoms with Gasteiger partial charge in [-0.05, 0) is 46.6 Å². The zero-order valence-electron chi connectivity index (χ0n) is 8.27. The number of hydrogen-bond acceptors (Lipinski definition) is 3. The molecule has 1 N–H and O–H groups in total. The molecular weight excluding hydrogens is 256 g/mol. The number of anilines is 1. The van der Waals surface area contributed by atoms with Gasteiger partial charge in [0.05, 0.1) is 5.69 Å². The van der Waals surface area contributed by atoms with Crippen LogP contribution in [0.5, 0.6) is 0 Å². The summed E-state index contributed by atoms with van der Waals surface area (Å²) in [6.45, 7) is 1.99. The molecule has 15 heavy (non-hydrogen) atoms. The van der Waals surface area contributed by atoms with Crippen LogP contribution in [0.2, 0.25) is 0 Å². The molecule has 0 spiro atoms. The van der Waals surface area contributed by atoms with Crippen molar-refractivity contribution in [1.29, 1.82) is 0 Å². The Kier molecular flexibility index (Phi) is 4.77. The fourth-order valence-corrected chi connectivity index (χ4v) is 1.21. The highest BCUT2D eigenvalue weighted by Gasteiger charge is 1.93. The Balaban J connectivity index is 2.67. The summed E-state index contributed by atoms with van der Waals surface area (Å²) < 4.78 is 0.567. The molecule has 0 heterocycles. The van der Waals surface area contributed by atoms with Crippen molar-refractivity contribution in [3.8, 4) is 0 Å². The lowest BCUT2D eigenvalue weighted by Gasteiger charge is -2.03. The number of hydrazone groups is 1. The third-order valence-electron chi connectivity index (χ3n) is 1.74. The van der Waals surface area contributed by atoms with E-state index in [0.717, 1.165) is 11.3 Å². The van der Waals surface area contributed by atoms with E-state index in [0.29, 0.717) is 10.9 Å². The number of aldehydes is 1. The number of rotatable bonds is 4. The van der Waals surface area contributed by atoms with Crippen LogP contribution >= 0.6 is 15.9 Å². The lowest BCUT2D eigenvalue weighted by Crippen LogP contribution is -1.93. The number of nitrogens with zero attached hydrogens (tertiary/aromatic N) is 1. The van der Waals surface area contributed by atoms with Gasteiger partial charge in [0.2, 0.25) is 0 Å². The zero-order chi connectivity index (χ0) is 11.1. The molecule has 0 saturated carbocycles. The summed E-state index contributed by atoms with van der Waals surface area (Å²) in [5.41, 5.74) is 4.95. The maximum absolute atomic E-state index is 10.1. The maximum atomic E-state index is 10.1. The Morgan fingerprint density at radius 1 is 1.47 bits per heavy atom. The van der Waals surface area contributed by atoms with Gasteiger partial charge >= 0.3 is 0 Å². The third kappa shape index (κ3) is 4.08. The molecule has 0 aliphatic heterocycles. The molecule has 1 rings (SSSR count). The second-order valence-corrected chi connectivity index (χ2v) is 3.67. The highest BCUT2D eigenvalue weighted by molar-refractivity contribution is 9.18. The summed E-state index contributed by atoms with van der Waals surface area (Å²) in [5.74, 6) is 0. The molecule has 1 aromatic carbocycles. The Bertz CT molecular complexity index is 399. The SMILES string of the molecule is Cc1ccccc1N/N=C(Br)\C=C/C=O. The van der Waals surface area contributed by atoms with Crippen molar-refractivity contribution < 1.29 is 4.79 Å². The Hall–Kier alpha value is -1.42. The second kappa shape index (κ2) is 6.14. The first-order valence-electron chi connectivity index (χ1n) is 4.40. The van der Waals surface area contributed by atoms with E-state index in [1.165, 1.54) is 6.08 Å². The molecule has 3 nitrogen and oxygen atoms in total. The molecule has 4 heteroatoms. The minimum atomic E-state index is 0.567. The fraction of sp³-hybridized carbons (Fsp3) is 0.0909. The van der Waals surface area contributed by atoms with Crippen molar-refractivity contribution in [3.63, 3.8) is 0 Å². The Morgan fingerprint density at radius 2 is 2.20 bits per heavy atom. The van der Waals surface area contributed by atoms with Crippen molar-refractivity contribution >= 4 is 32.5 Å². The van der Waals surface area contributed by atoms with Crippen LogP contribution in [0, 0.1) is 6.92 Å². The smallest absolute Gasteiger partial charge is 0.142 e. The highest BCUT2D eigenvalue weighted by atomic mass is 79.9. The molecule has 1 aromatic rings. The summed E-state index contributed by atoms with van der Waals surface area (Å²) in [5, 5.41) is 4.03. The number of carbonyl (C=O) groups is 1. The summed E-state index contributed by atoms with van der Waals surface area (Å²) in [7, 11) is 0. The number of para-hydroxylation sites is 1. The van der Waals surface area contributed by atoms with Crippen molar-refractivity contribution in [3.05, 3.63) is 42.0 Å². The van der Waals surface area contributed by atoms with Gasteiger partial charge in [0.25, 0.3) is 0 Å². The predicted octanol–water partition coefficient (Wildman–Crippen LogP) is 2.87. The predicted molar refractivity (Wildman–Crippen MR) is 66.4 cm³/mol. The van der Waals surface area contributed by atoms with Crippen LogP contribution in [0.3, 0.4) is 0 Å². The number of halogens is 1. The maximum Gasteiger partial charge on any atom is 0.142 e. The molecule has 0 fully saturated rings. The van der Waals surface area contributed by atoms with E-state index >= 15 is 0 Å². The molecule has 0 aromatic heterocycles. The second-order valence-electron chi connectivity index (χ2n) is 2.86. The summed E-state index contributed by atoms with van der Waals surface area (Å²) in [6, 6.07) is 7.82. The first-order valence-corrected chi connectivity index (χ1v) is 5.20. The minimum absolute atomic E-state index is 0.567. The Labute approximate surface area is 97.0 Å². The number of nitrogens with one attached hydrogen (secondary N) is 1. The third-order valence-corrected chi connectivity index (χ3v) is 2.18. The fourth-order valence-electron chi connectivity index (χ4n) is 0.968. The van der Waals surface area contributed by atoms with Crippen molar-refractivity contribution in [2.45, 2.75) is 6.92 Å². The first-order chi connectivity index (χ1) is 7.24. The van der Waals surface area contributed by atoms with Gasteiger partial charge in [-0.25, -0.2) is 0 Å². The monoisotopic (exact) mass is 266 g/mol. The van der Waals surface area contributed by atoms with Crippen LogP contribution in [0.1, 0.15) is 5.56 Å². The van der Waals surface area contributed by atoms with E-state index < -0.39 is 0 Å². The van der Waals surface area contributed by atoms with Crippen LogP contribution in [0.4, 0.5) is 5.69 Å². The standard InChI is InChI=1S/C11H11BrN2O/c1-9-5-2-3-6-10(9)13-14-11(12)7-4-8-15/h2-8,13H,1H3/b7-4-,14-11+. The van der Waals surface area contributed by atoms with Gasteiger partial charge in [0, 0.05) is 0 Å².